The number of nitrogens with zero attached hydrogens (tertiary/aromatic N) is 1. The van der Waals surface area contributed by atoms with E-state index in [-0.39, 0.29) is 11.4 Å². The van der Waals surface area contributed by atoms with E-state index in [1.807, 2.05) is 0 Å². The smallest absolute Gasteiger partial charge is 0.399 e. The molecule has 17 heavy (non-hydrogen) atoms. The summed E-state index contributed by atoms with van der Waals surface area (Å²) in [5.74, 6) is 0. The Morgan fingerprint density at radius 2 is 1.88 bits per heavy atom. The fraction of sp³-hybridized carbons (Fsp3) is 0.400. The Balaban J connectivity index is 3.04. The van der Waals surface area contributed by atoms with Gasteiger partial charge in [-0.15, -0.1) is 0 Å². The average Bonchev–Trinajstić information content (AvgIpc) is 2.14. The first-order valence-electron chi connectivity index (χ1n) is 4.66. The molecule has 2 nitrogen and oxygen atoms in total. The number of hydrogen-bond acceptors (Lipinski definition) is 2. The number of anilines is 2. The van der Waals surface area contributed by atoms with E-state index in [2.05, 4.69) is 0 Å². The van der Waals surface area contributed by atoms with E-state index in [0.29, 0.717) is 0 Å². The number of nitrogens with two attached hydrogens (primary N) is 1. The zero-order valence-corrected chi connectivity index (χ0v) is 8.93. The van der Waals surface area contributed by atoms with Gasteiger partial charge in [0.25, 0.3) is 6.43 Å². The lowest BCUT2D eigenvalue weighted by Crippen LogP contribution is -2.31. The van der Waals surface area contributed by atoms with Crippen molar-refractivity contribution in [3.05, 3.63) is 23.8 Å². The maximum Gasteiger partial charge on any atom is 0.405 e. The zero-order chi connectivity index (χ0) is 13.2. The average molecular weight is 254 g/mol. The summed E-state index contributed by atoms with van der Waals surface area (Å²) in [6.07, 6.45) is -7.32. The summed E-state index contributed by atoms with van der Waals surface area (Å²) >= 11 is 0. The predicted octanol–water partition coefficient (Wildman–Crippen LogP) is 3.20. The van der Waals surface area contributed by atoms with Crippen LogP contribution in [-0.4, -0.2) is 19.8 Å². The van der Waals surface area contributed by atoms with Gasteiger partial charge >= 0.3 is 6.18 Å². The molecule has 0 aromatic heterocycles. The minimum atomic E-state index is -4.45. The van der Waals surface area contributed by atoms with Gasteiger partial charge in [-0.05, 0) is 18.2 Å². The molecule has 7 heteroatoms. The highest BCUT2D eigenvalue weighted by molar-refractivity contribution is 5.60. The molecular weight excluding hydrogens is 243 g/mol. The fourth-order valence-corrected chi connectivity index (χ4v) is 1.45. The molecule has 0 amide bonds. The lowest BCUT2D eigenvalue weighted by atomic mass is 10.1. The third kappa shape index (κ3) is 3.76. The molecule has 0 saturated carbocycles. The first-order valence-corrected chi connectivity index (χ1v) is 4.66. The number of halogens is 5. The van der Waals surface area contributed by atoms with E-state index < -0.39 is 24.7 Å². The predicted molar refractivity (Wildman–Crippen MR) is 55.1 cm³/mol. The van der Waals surface area contributed by atoms with Crippen molar-refractivity contribution in [1.82, 2.24) is 0 Å². The van der Waals surface area contributed by atoms with Crippen LogP contribution in [0.15, 0.2) is 18.2 Å². The Morgan fingerprint density at radius 1 is 1.29 bits per heavy atom. The quantitative estimate of drug-likeness (QED) is 0.663. The van der Waals surface area contributed by atoms with E-state index in [1.54, 1.807) is 0 Å². The minimum Gasteiger partial charge on any atom is -0.399 e. The summed E-state index contributed by atoms with van der Waals surface area (Å²) in [6, 6.07) is 3.42. The van der Waals surface area contributed by atoms with Crippen molar-refractivity contribution in [1.29, 1.82) is 0 Å². The molecule has 0 heterocycles. The van der Waals surface area contributed by atoms with Crippen LogP contribution in [0, 0.1) is 0 Å². The number of rotatable bonds is 3. The van der Waals surface area contributed by atoms with Crippen LogP contribution in [0.1, 0.15) is 12.0 Å². The molecule has 0 aliphatic rings. The van der Waals surface area contributed by atoms with Crippen molar-refractivity contribution in [3.8, 4) is 0 Å². The highest BCUT2D eigenvalue weighted by Crippen LogP contribution is 2.32. The molecule has 0 radical (unpaired) electrons. The lowest BCUT2D eigenvalue weighted by molar-refractivity contribution is -0.119. The van der Waals surface area contributed by atoms with Gasteiger partial charge in [0.1, 0.15) is 6.54 Å². The van der Waals surface area contributed by atoms with Crippen LogP contribution in [0.3, 0.4) is 0 Å². The van der Waals surface area contributed by atoms with Crippen molar-refractivity contribution < 1.29 is 22.0 Å². The maximum atomic E-state index is 12.6. The van der Waals surface area contributed by atoms with E-state index in [4.69, 9.17) is 5.73 Å². The topological polar surface area (TPSA) is 29.3 Å². The monoisotopic (exact) mass is 254 g/mol. The van der Waals surface area contributed by atoms with Gasteiger partial charge in [-0.25, -0.2) is 8.78 Å². The Hall–Kier alpha value is -1.53. The van der Waals surface area contributed by atoms with Crippen molar-refractivity contribution in [2.45, 2.75) is 12.6 Å². The Labute approximate surface area is 94.8 Å². The van der Waals surface area contributed by atoms with E-state index in [0.717, 1.165) is 24.1 Å². The SMILES string of the molecule is CN(CC(F)(F)F)c1ccc(N)cc1C(F)F. The standard InChI is InChI=1S/C10H11F5N2/c1-17(5-10(13,14)15)8-3-2-6(16)4-7(8)9(11)12/h2-4,9H,5,16H2,1H3. The molecular formula is C10H11F5N2. The van der Waals surface area contributed by atoms with Crippen LogP contribution >= 0.6 is 0 Å². The summed E-state index contributed by atoms with van der Waals surface area (Å²) in [7, 11) is 1.10. The zero-order valence-electron chi connectivity index (χ0n) is 8.93. The summed E-state index contributed by atoms with van der Waals surface area (Å²) in [4.78, 5) is 0.723. The van der Waals surface area contributed by atoms with Crippen LogP contribution in [0.4, 0.5) is 33.3 Å². The molecule has 0 bridgehead atoms. The van der Waals surface area contributed by atoms with Gasteiger partial charge in [-0.2, -0.15) is 13.2 Å². The maximum absolute atomic E-state index is 12.6. The molecule has 1 aromatic carbocycles. The van der Waals surface area contributed by atoms with Crippen molar-refractivity contribution in [2.75, 3.05) is 24.2 Å². The van der Waals surface area contributed by atoms with Gasteiger partial charge in [0.05, 0.1) is 0 Å². The Morgan fingerprint density at radius 3 is 2.35 bits per heavy atom. The molecule has 2 N–H and O–H groups in total. The second-order valence-electron chi connectivity index (χ2n) is 3.59. The van der Waals surface area contributed by atoms with Crippen LogP contribution in [0.5, 0.6) is 0 Å². The third-order valence-electron chi connectivity index (χ3n) is 2.11. The highest BCUT2D eigenvalue weighted by Gasteiger charge is 2.30. The largest absolute Gasteiger partial charge is 0.405 e. The van der Waals surface area contributed by atoms with Crippen LogP contribution < -0.4 is 10.6 Å². The molecule has 0 fully saturated rings. The van der Waals surface area contributed by atoms with Crippen molar-refractivity contribution >= 4 is 11.4 Å². The number of benzene rings is 1. The normalized spacial score (nSPS) is 11.9. The fourth-order valence-electron chi connectivity index (χ4n) is 1.45. The van der Waals surface area contributed by atoms with Gasteiger partial charge in [-0.3, -0.25) is 0 Å². The molecule has 0 atom stereocenters. The first-order chi connectivity index (χ1) is 7.70. The summed E-state index contributed by atoms with van der Waals surface area (Å²) in [5, 5.41) is 0. The van der Waals surface area contributed by atoms with Crippen LogP contribution in [0.25, 0.3) is 0 Å². The minimum absolute atomic E-state index is 0.0875. The number of alkyl halides is 5. The third-order valence-corrected chi connectivity index (χ3v) is 2.11. The highest BCUT2D eigenvalue weighted by atomic mass is 19.4. The molecule has 0 saturated heterocycles. The van der Waals surface area contributed by atoms with Gasteiger partial charge in [0.15, 0.2) is 0 Å². The Bertz CT molecular complexity index is 389. The molecule has 0 aliphatic heterocycles. The van der Waals surface area contributed by atoms with Crippen molar-refractivity contribution in [3.63, 3.8) is 0 Å². The first kappa shape index (κ1) is 13.5. The van der Waals surface area contributed by atoms with Crippen LogP contribution in [0.2, 0.25) is 0 Å². The van der Waals surface area contributed by atoms with E-state index in [9.17, 15) is 22.0 Å². The molecule has 1 rings (SSSR count). The number of hydrogen-bond donors (Lipinski definition) is 1. The van der Waals surface area contributed by atoms with Gasteiger partial charge < -0.3 is 10.6 Å². The molecule has 96 valence electrons. The van der Waals surface area contributed by atoms with Crippen molar-refractivity contribution in [2.24, 2.45) is 0 Å². The van der Waals surface area contributed by atoms with Crippen LogP contribution in [-0.2, 0) is 0 Å². The molecule has 0 spiro atoms. The van der Waals surface area contributed by atoms with E-state index >= 15 is 0 Å². The summed E-state index contributed by atoms with van der Waals surface area (Å²) < 4.78 is 61.7. The van der Waals surface area contributed by atoms with Gasteiger partial charge in [0, 0.05) is 24.0 Å². The van der Waals surface area contributed by atoms with E-state index in [1.165, 1.54) is 6.07 Å². The summed E-state index contributed by atoms with van der Waals surface area (Å²) in [6.45, 7) is -1.30. The second-order valence-corrected chi connectivity index (χ2v) is 3.59. The van der Waals surface area contributed by atoms with Gasteiger partial charge in [-0.1, -0.05) is 0 Å². The summed E-state index contributed by atoms with van der Waals surface area (Å²) in [5.41, 5.74) is 4.73. The molecule has 0 aliphatic carbocycles. The Kier molecular flexibility index (Phi) is 3.79. The second kappa shape index (κ2) is 4.77. The molecule has 1 aromatic rings. The van der Waals surface area contributed by atoms with Gasteiger partial charge in [0.2, 0.25) is 0 Å². The lowest BCUT2D eigenvalue weighted by Gasteiger charge is -2.23. The molecule has 0 unspecified atom stereocenters. The number of nitrogen functional groups attached to an aromatic ring is 1.